The van der Waals surface area contributed by atoms with Crippen LogP contribution in [0.25, 0.3) is 0 Å². The molecule has 0 aromatic heterocycles. The SMILES string of the molecule is CCCCNC(=O)COc1c(Cl)cc(Cl)cc1CC(C)N. The average Bonchev–Trinajstić information content (AvgIpc) is 2.37. The largest absolute Gasteiger partial charge is 0.482 e. The van der Waals surface area contributed by atoms with E-state index in [1.807, 2.05) is 6.92 Å². The van der Waals surface area contributed by atoms with Gasteiger partial charge in [-0.25, -0.2) is 0 Å². The third-order valence-corrected chi connectivity index (χ3v) is 3.33. The first kappa shape index (κ1) is 18.1. The van der Waals surface area contributed by atoms with Crippen LogP contribution in [0.15, 0.2) is 12.1 Å². The summed E-state index contributed by atoms with van der Waals surface area (Å²) in [6, 6.07) is 3.31. The van der Waals surface area contributed by atoms with Crippen molar-refractivity contribution in [1.29, 1.82) is 0 Å². The number of carbonyl (C=O) groups excluding carboxylic acids is 1. The maximum Gasteiger partial charge on any atom is 0.257 e. The Balaban J connectivity index is 2.70. The summed E-state index contributed by atoms with van der Waals surface area (Å²) in [4.78, 5) is 11.7. The molecule has 1 aromatic rings. The van der Waals surface area contributed by atoms with Crippen LogP contribution in [0.3, 0.4) is 0 Å². The smallest absolute Gasteiger partial charge is 0.257 e. The van der Waals surface area contributed by atoms with Crippen molar-refractivity contribution in [3.63, 3.8) is 0 Å². The van der Waals surface area contributed by atoms with Crippen LogP contribution < -0.4 is 15.8 Å². The number of carbonyl (C=O) groups is 1. The molecule has 21 heavy (non-hydrogen) atoms. The van der Waals surface area contributed by atoms with Gasteiger partial charge in [0.1, 0.15) is 5.75 Å². The van der Waals surface area contributed by atoms with Gasteiger partial charge < -0.3 is 15.8 Å². The van der Waals surface area contributed by atoms with Crippen LogP contribution >= 0.6 is 23.2 Å². The van der Waals surface area contributed by atoms with E-state index in [0.717, 1.165) is 18.4 Å². The molecule has 118 valence electrons. The van der Waals surface area contributed by atoms with Gasteiger partial charge in [-0.15, -0.1) is 0 Å². The van der Waals surface area contributed by atoms with Gasteiger partial charge >= 0.3 is 0 Å². The summed E-state index contributed by atoms with van der Waals surface area (Å²) in [5, 5.41) is 3.70. The minimum Gasteiger partial charge on any atom is -0.482 e. The monoisotopic (exact) mass is 332 g/mol. The highest BCUT2D eigenvalue weighted by molar-refractivity contribution is 6.35. The van der Waals surface area contributed by atoms with Gasteiger partial charge in [-0.3, -0.25) is 4.79 Å². The fourth-order valence-corrected chi connectivity index (χ4v) is 2.46. The lowest BCUT2D eigenvalue weighted by atomic mass is 10.1. The first-order valence-electron chi connectivity index (χ1n) is 7.07. The zero-order valence-electron chi connectivity index (χ0n) is 12.4. The summed E-state index contributed by atoms with van der Waals surface area (Å²) in [6.07, 6.45) is 2.55. The molecule has 1 aromatic carbocycles. The van der Waals surface area contributed by atoms with E-state index in [1.54, 1.807) is 12.1 Å². The highest BCUT2D eigenvalue weighted by Gasteiger charge is 2.14. The zero-order chi connectivity index (χ0) is 15.8. The Bertz CT molecular complexity index is 479. The lowest BCUT2D eigenvalue weighted by Crippen LogP contribution is -2.30. The Morgan fingerprint density at radius 2 is 2.14 bits per heavy atom. The second-order valence-electron chi connectivity index (χ2n) is 5.05. The first-order valence-corrected chi connectivity index (χ1v) is 7.82. The predicted molar refractivity (Wildman–Crippen MR) is 87.2 cm³/mol. The molecule has 1 amide bonds. The average molecular weight is 333 g/mol. The van der Waals surface area contributed by atoms with Crippen LogP contribution in [0, 0.1) is 0 Å². The van der Waals surface area contributed by atoms with Gasteiger partial charge in [0.15, 0.2) is 6.61 Å². The summed E-state index contributed by atoms with van der Waals surface area (Å²) in [7, 11) is 0. The molecule has 0 fully saturated rings. The van der Waals surface area contributed by atoms with E-state index in [0.29, 0.717) is 28.8 Å². The molecule has 4 nitrogen and oxygen atoms in total. The van der Waals surface area contributed by atoms with Crippen molar-refractivity contribution in [3.8, 4) is 5.75 Å². The molecule has 6 heteroatoms. The van der Waals surface area contributed by atoms with Crippen LogP contribution in [-0.2, 0) is 11.2 Å². The minimum absolute atomic E-state index is 0.0553. The molecule has 1 rings (SSSR count). The van der Waals surface area contributed by atoms with Crippen molar-refractivity contribution >= 4 is 29.1 Å². The van der Waals surface area contributed by atoms with Gasteiger partial charge in [0.25, 0.3) is 5.91 Å². The van der Waals surface area contributed by atoms with Crippen molar-refractivity contribution in [2.24, 2.45) is 5.73 Å². The van der Waals surface area contributed by atoms with Crippen LogP contribution in [0.4, 0.5) is 0 Å². The lowest BCUT2D eigenvalue weighted by molar-refractivity contribution is -0.123. The Labute approximate surface area is 135 Å². The molecule has 3 N–H and O–H groups in total. The van der Waals surface area contributed by atoms with E-state index >= 15 is 0 Å². The molecule has 0 spiro atoms. The molecule has 0 aliphatic carbocycles. The van der Waals surface area contributed by atoms with Gasteiger partial charge in [-0.05, 0) is 37.5 Å². The highest BCUT2D eigenvalue weighted by Crippen LogP contribution is 2.33. The van der Waals surface area contributed by atoms with Crippen LogP contribution in [0.5, 0.6) is 5.75 Å². The first-order chi connectivity index (χ1) is 9.93. The van der Waals surface area contributed by atoms with Crippen LogP contribution in [-0.4, -0.2) is 25.1 Å². The van der Waals surface area contributed by atoms with Crippen LogP contribution in [0.2, 0.25) is 10.0 Å². The number of unbranched alkanes of at least 4 members (excludes halogenated alkanes) is 1. The van der Waals surface area contributed by atoms with E-state index in [-0.39, 0.29) is 18.6 Å². The summed E-state index contributed by atoms with van der Waals surface area (Å²) in [5.74, 6) is 0.310. The van der Waals surface area contributed by atoms with Gasteiger partial charge in [0.2, 0.25) is 0 Å². The number of halogens is 2. The van der Waals surface area contributed by atoms with Crippen molar-refractivity contribution in [1.82, 2.24) is 5.32 Å². The number of nitrogens with two attached hydrogens (primary N) is 1. The molecule has 1 atom stereocenters. The molecule has 0 aliphatic rings. The standard InChI is InChI=1S/C15H22Cl2N2O2/c1-3-4-5-19-14(20)9-21-15-11(6-10(2)18)7-12(16)8-13(15)17/h7-8,10H,3-6,9,18H2,1-2H3,(H,19,20). The number of nitrogens with one attached hydrogen (secondary N) is 1. The van der Waals surface area contributed by atoms with E-state index in [1.165, 1.54) is 0 Å². The fraction of sp³-hybridized carbons (Fsp3) is 0.533. The van der Waals surface area contributed by atoms with E-state index in [9.17, 15) is 4.79 Å². The van der Waals surface area contributed by atoms with Gasteiger partial charge in [-0.1, -0.05) is 36.5 Å². The summed E-state index contributed by atoms with van der Waals surface area (Å²) in [5.41, 5.74) is 6.62. The Kier molecular flexibility index (Phi) is 7.86. The molecule has 0 heterocycles. The van der Waals surface area contributed by atoms with Crippen molar-refractivity contribution in [2.45, 2.75) is 39.2 Å². The van der Waals surface area contributed by atoms with Crippen molar-refractivity contribution in [2.75, 3.05) is 13.2 Å². The number of rotatable bonds is 8. The van der Waals surface area contributed by atoms with E-state index in [2.05, 4.69) is 12.2 Å². The third kappa shape index (κ3) is 6.55. The van der Waals surface area contributed by atoms with E-state index in [4.69, 9.17) is 33.7 Å². The maximum absolute atomic E-state index is 11.7. The summed E-state index contributed by atoms with van der Waals surface area (Å²) < 4.78 is 5.56. The number of hydrogen-bond donors (Lipinski definition) is 2. The zero-order valence-corrected chi connectivity index (χ0v) is 13.9. The molecule has 0 bridgehead atoms. The molecular weight excluding hydrogens is 311 g/mol. The molecular formula is C15H22Cl2N2O2. The second-order valence-corrected chi connectivity index (χ2v) is 5.89. The molecule has 0 radical (unpaired) electrons. The number of hydrogen-bond acceptors (Lipinski definition) is 3. The topological polar surface area (TPSA) is 64.3 Å². The lowest BCUT2D eigenvalue weighted by Gasteiger charge is -2.15. The summed E-state index contributed by atoms with van der Waals surface area (Å²) in [6.45, 7) is 4.53. The van der Waals surface area contributed by atoms with Crippen molar-refractivity contribution < 1.29 is 9.53 Å². The van der Waals surface area contributed by atoms with Crippen molar-refractivity contribution in [3.05, 3.63) is 27.7 Å². The number of ether oxygens (including phenoxy) is 1. The molecule has 0 aliphatic heterocycles. The number of benzene rings is 1. The normalized spacial score (nSPS) is 12.0. The van der Waals surface area contributed by atoms with E-state index < -0.39 is 0 Å². The van der Waals surface area contributed by atoms with Gasteiger partial charge in [0.05, 0.1) is 5.02 Å². The fourth-order valence-electron chi connectivity index (χ4n) is 1.87. The minimum atomic E-state index is -0.166. The molecule has 0 saturated heterocycles. The highest BCUT2D eigenvalue weighted by atomic mass is 35.5. The number of amides is 1. The Morgan fingerprint density at radius 3 is 2.76 bits per heavy atom. The Hall–Kier alpha value is -0.970. The molecule has 1 unspecified atom stereocenters. The quantitative estimate of drug-likeness (QED) is 0.718. The van der Waals surface area contributed by atoms with Gasteiger partial charge in [-0.2, -0.15) is 0 Å². The molecule has 0 saturated carbocycles. The van der Waals surface area contributed by atoms with Crippen LogP contribution in [0.1, 0.15) is 32.3 Å². The van der Waals surface area contributed by atoms with Gasteiger partial charge in [0, 0.05) is 17.6 Å². The Morgan fingerprint density at radius 1 is 1.43 bits per heavy atom. The third-order valence-electron chi connectivity index (χ3n) is 2.83. The second kappa shape index (κ2) is 9.13. The maximum atomic E-state index is 11.7. The summed E-state index contributed by atoms with van der Waals surface area (Å²) >= 11 is 12.1. The predicted octanol–water partition coefficient (Wildman–Crippen LogP) is 3.18.